The van der Waals surface area contributed by atoms with Gasteiger partial charge in [-0.1, -0.05) is 30.4 Å². The number of hydrogen-bond donors (Lipinski definition) is 2. The molecule has 0 aromatic heterocycles. The fraction of sp³-hybridized carbons (Fsp3) is 0.385. The van der Waals surface area contributed by atoms with Crippen LogP contribution in [0.1, 0.15) is 25.0 Å². The zero-order valence-corrected chi connectivity index (χ0v) is 9.49. The lowest BCUT2D eigenvalue weighted by Gasteiger charge is -2.12. The summed E-state index contributed by atoms with van der Waals surface area (Å²) in [5, 5.41) is 12.8. The highest BCUT2D eigenvalue weighted by Crippen LogP contribution is 2.15. The molecule has 88 valence electrons. The van der Waals surface area contributed by atoms with Crippen LogP contribution < -0.4 is 5.32 Å². The summed E-state index contributed by atoms with van der Waals surface area (Å²) in [6.45, 7) is 3.13. The molecule has 3 heteroatoms. The van der Waals surface area contributed by atoms with Gasteiger partial charge in [-0.3, -0.25) is 0 Å². The van der Waals surface area contributed by atoms with Crippen molar-refractivity contribution in [3.8, 4) is 0 Å². The van der Waals surface area contributed by atoms with Crippen LogP contribution in [0.3, 0.4) is 0 Å². The molecule has 0 fully saturated rings. The first-order valence-electron chi connectivity index (χ1n) is 5.50. The third kappa shape index (κ3) is 4.13. The van der Waals surface area contributed by atoms with E-state index in [2.05, 4.69) is 5.32 Å². The van der Waals surface area contributed by atoms with E-state index in [1.807, 2.05) is 19.1 Å². The van der Waals surface area contributed by atoms with Gasteiger partial charge in [0, 0.05) is 12.1 Å². The quantitative estimate of drug-likeness (QED) is 0.573. The van der Waals surface area contributed by atoms with Crippen molar-refractivity contribution in [1.29, 1.82) is 0 Å². The zero-order valence-electron chi connectivity index (χ0n) is 9.49. The molecule has 0 aliphatic heterocycles. The lowest BCUT2D eigenvalue weighted by molar-refractivity contribution is 0.170. The molecule has 1 aromatic carbocycles. The average molecular weight is 223 g/mol. The largest absolute Gasteiger partial charge is 0.387 e. The molecule has 1 aromatic rings. The van der Waals surface area contributed by atoms with E-state index in [1.54, 1.807) is 18.2 Å². The van der Waals surface area contributed by atoms with Gasteiger partial charge in [-0.15, -0.1) is 0 Å². The van der Waals surface area contributed by atoms with Gasteiger partial charge in [-0.05, 0) is 26.0 Å². The molecule has 0 saturated heterocycles. The van der Waals surface area contributed by atoms with Crippen molar-refractivity contribution in [3.63, 3.8) is 0 Å². The maximum Gasteiger partial charge on any atom is 0.129 e. The Morgan fingerprint density at radius 1 is 1.44 bits per heavy atom. The third-order valence-corrected chi connectivity index (χ3v) is 2.33. The van der Waals surface area contributed by atoms with E-state index in [9.17, 15) is 9.50 Å². The molecule has 0 aliphatic rings. The van der Waals surface area contributed by atoms with E-state index < -0.39 is 6.10 Å². The molecular formula is C13H18FNO. The normalized spacial score (nSPS) is 13.2. The van der Waals surface area contributed by atoms with Crippen molar-refractivity contribution < 1.29 is 9.50 Å². The summed E-state index contributed by atoms with van der Waals surface area (Å²) < 4.78 is 13.3. The monoisotopic (exact) mass is 223 g/mol. The highest BCUT2D eigenvalue weighted by Gasteiger charge is 2.10. The second-order valence-corrected chi connectivity index (χ2v) is 3.60. The van der Waals surface area contributed by atoms with Crippen molar-refractivity contribution >= 4 is 0 Å². The van der Waals surface area contributed by atoms with Gasteiger partial charge in [0.2, 0.25) is 0 Å². The highest BCUT2D eigenvalue weighted by molar-refractivity contribution is 5.19. The molecule has 0 aliphatic carbocycles. The summed E-state index contributed by atoms with van der Waals surface area (Å²) in [5.74, 6) is -0.356. The smallest absolute Gasteiger partial charge is 0.129 e. The lowest BCUT2D eigenvalue weighted by atomic mass is 10.1. The summed E-state index contributed by atoms with van der Waals surface area (Å²) >= 11 is 0. The van der Waals surface area contributed by atoms with Gasteiger partial charge < -0.3 is 10.4 Å². The van der Waals surface area contributed by atoms with Gasteiger partial charge in [0.15, 0.2) is 0 Å². The number of nitrogens with one attached hydrogen (secondary N) is 1. The molecule has 2 N–H and O–H groups in total. The first-order valence-corrected chi connectivity index (χ1v) is 5.50. The van der Waals surface area contributed by atoms with Crippen LogP contribution in [0.25, 0.3) is 0 Å². The number of halogens is 1. The predicted molar refractivity (Wildman–Crippen MR) is 63.7 cm³/mol. The van der Waals surface area contributed by atoms with E-state index in [4.69, 9.17) is 0 Å². The number of allylic oxidation sites excluding steroid dienone is 1. The Balaban J connectivity index is 2.35. The molecule has 0 heterocycles. The summed E-state index contributed by atoms with van der Waals surface area (Å²) in [7, 11) is 0. The van der Waals surface area contributed by atoms with Crippen LogP contribution in [0.2, 0.25) is 0 Å². The van der Waals surface area contributed by atoms with Gasteiger partial charge in [0.05, 0.1) is 6.10 Å². The summed E-state index contributed by atoms with van der Waals surface area (Å²) in [6.07, 6.45) is 4.16. The van der Waals surface area contributed by atoms with Crippen LogP contribution in [0, 0.1) is 5.82 Å². The second kappa shape index (κ2) is 7.14. The van der Waals surface area contributed by atoms with Crippen LogP contribution in [0.5, 0.6) is 0 Å². The van der Waals surface area contributed by atoms with Gasteiger partial charge in [-0.2, -0.15) is 0 Å². The van der Waals surface area contributed by atoms with Crippen molar-refractivity contribution in [2.24, 2.45) is 0 Å². The average Bonchev–Trinajstić information content (AvgIpc) is 2.29. The molecule has 0 saturated carbocycles. The molecule has 16 heavy (non-hydrogen) atoms. The van der Waals surface area contributed by atoms with E-state index in [0.717, 1.165) is 13.0 Å². The van der Waals surface area contributed by atoms with Crippen LogP contribution >= 0.6 is 0 Å². The Morgan fingerprint density at radius 2 is 2.19 bits per heavy atom. The standard InChI is InChI=1S/C13H18FNO/c1-2-3-6-9-15-10-13(16)11-7-4-5-8-12(11)14/h2-5,7-8,13,15-16H,6,9-10H2,1H3/b3-2+. The number of aliphatic hydroxyl groups excluding tert-OH is 1. The Labute approximate surface area is 95.8 Å². The number of aliphatic hydroxyl groups is 1. The number of rotatable bonds is 6. The molecule has 2 nitrogen and oxygen atoms in total. The Morgan fingerprint density at radius 3 is 2.88 bits per heavy atom. The maximum atomic E-state index is 13.3. The van der Waals surface area contributed by atoms with Gasteiger partial charge in [-0.25, -0.2) is 4.39 Å². The SMILES string of the molecule is C/C=C/CCNCC(O)c1ccccc1F. The first-order chi connectivity index (χ1) is 7.75. The third-order valence-electron chi connectivity index (χ3n) is 2.33. The Hall–Kier alpha value is -1.19. The van der Waals surface area contributed by atoms with Crippen molar-refractivity contribution in [3.05, 3.63) is 47.8 Å². The van der Waals surface area contributed by atoms with Crippen LogP contribution in [-0.2, 0) is 0 Å². The van der Waals surface area contributed by atoms with Gasteiger partial charge in [0.1, 0.15) is 5.82 Å². The minimum Gasteiger partial charge on any atom is -0.387 e. The zero-order chi connectivity index (χ0) is 11.8. The fourth-order valence-corrected chi connectivity index (χ4v) is 1.45. The van der Waals surface area contributed by atoms with Crippen LogP contribution in [0.15, 0.2) is 36.4 Å². The van der Waals surface area contributed by atoms with E-state index >= 15 is 0 Å². The second-order valence-electron chi connectivity index (χ2n) is 3.60. The lowest BCUT2D eigenvalue weighted by Crippen LogP contribution is -2.22. The summed E-state index contributed by atoms with van der Waals surface area (Å²) in [6, 6.07) is 6.30. The van der Waals surface area contributed by atoms with Gasteiger partial charge >= 0.3 is 0 Å². The van der Waals surface area contributed by atoms with Crippen molar-refractivity contribution in [2.75, 3.05) is 13.1 Å². The molecule has 0 bridgehead atoms. The Bertz CT molecular complexity index is 338. The maximum absolute atomic E-state index is 13.3. The molecule has 1 unspecified atom stereocenters. The van der Waals surface area contributed by atoms with Crippen LogP contribution in [-0.4, -0.2) is 18.2 Å². The predicted octanol–water partition coefficient (Wildman–Crippen LogP) is 2.41. The number of hydrogen-bond acceptors (Lipinski definition) is 2. The van der Waals surface area contributed by atoms with E-state index in [-0.39, 0.29) is 5.82 Å². The Kier molecular flexibility index (Phi) is 5.75. The topological polar surface area (TPSA) is 32.3 Å². The minimum atomic E-state index is -0.785. The van der Waals surface area contributed by atoms with Crippen molar-refractivity contribution in [2.45, 2.75) is 19.4 Å². The summed E-state index contributed by atoms with van der Waals surface area (Å²) in [4.78, 5) is 0. The molecule has 1 atom stereocenters. The molecular weight excluding hydrogens is 205 g/mol. The molecule has 0 spiro atoms. The molecule has 1 rings (SSSR count). The first kappa shape index (κ1) is 12.9. The van der Waals surface area contributed by atoms with Crippen LogP contribution in [0.4, 0.5) is 4.39 Å². The van der Waals surface area contributed by atoms with Gasteiger partial charge in [0.25, 0.3) is 0 Å². The van der Waals surface area contributed by atoms with E-state index in [0.29, 0.717) is 12.1 Å². The highest BCUT2D eigenvalue weighted by atomic mass is 19.1. The summed E-state index contributed by atoms with van der Waals surface area (Å²) in [5.41, 5.74) is 0.348. The minimum absolute atomic E-state index is 0.348. The molecule has 0 amide bonds. The van der Waals surface area contributed by atoms with Crippen molar-refractivity contribution in [1.82, 2.24) is 5.32 Å². The fourth-order valence-electron chi connectivity index (χ4n) is 1.45. The molecule has 0 radical (unpaired) electrons. The number of benzene rings is 1. The van der Waals surface area contributed by atoms with E-state index in [1.165, 1.54) is 6.07 Å².